The van der Waals surface area contributed by atoms with E-state index in [9.17, 15) is 4.79 Å². The van der Waals surface area contributed by atoms with Crippen molar-refractivity contribution >= 4 is 10.8 Å². The van der Waals surface area contributed by atoms with Gasteiger partial charge in [-0.1, -0.05) is 54.6 Å². The van der Waals surface area contributed by atoms with Gasteiger partial charge in [-0.05, 0) is 28.5 Å². The van der Waals surface area contributed by atoms with E-state index in [1.165, 1.54) is 6.26 Å². The average Bonchev–Trinajstić information content (AvgIpc) is 3.02. The molecule has 0 radical (unpaired) electrons. The van der Waals surface area contributed by atoms with Crippen molar-refractivity contribution in [2.75, 3.05) is 7.11 Å². The molecule has 0 fully saturated rings. The molecule has 0 aliphatic carbocycles. The standard InChI is InChI=1S/C21H17NO3/c1-24-17-11-9-15(10-12-17)13-22-20(14-25-21(22)23)19-8-4-6-16-5-2-3-7-18(16)19/h2-12,14H,13H2,1H3. The Balaban J connectivity index is 1.80. The summed E-state index contributed by atoms with van der Waals surface area (Å²) >= 11 is 0. The van der Waals surface area contributed by atoms with Gasteiger partial charge in [0.2, 0.25) is 0 Å². The van der Waals surface area contributed by atoms with E-state index in [0.29, 0.717) is 6.54 Å². The Bertz CT molecular complexity index is 1070. The lowest BCUT2D eigenvalue weighted by atomic mass is 10.0. The maximum absolute atomic E-state index is 12.2. The second-order valence-electron chi connectivity index (χ2n) is 5.85. The van der Waals surface area contributed by atoms with Gasteiger partial charge in [0.25, 0.3) is 0 Å². The molecule has 1 aromatic heterocycles. The zero-order valence-electron chi connectivity index (χ0n) is 13.8. The van der Waals surface area contributed by atoms with Crippen molar-refractivity contribution in [3.05, 3.63) is 89.1 Å². The van der Waals surface area contributed by atoms with Crippen LogP contribution in [0.5, 0.6) is 5.75 Å². The van der Waals surface area contributed by atoms with E-state index in [-0.39, 0.29) is 5.76 Å². The average molecular weight is 331 g/mol. The van der Waals surface area contributed by atoms with E-state index in [1.807, 2.05) is 48.5 Å². The molecule has 0 bridgehead atoms. The van der Waals surface area contributed by atoms with Crippen LogP contribution in [0.1, 0.15) is 5.56 Å². The van der Waals surface area contributed by atoms with Gasteiger partial charge < -0.3 is 9.15 Å². The van der Waals surface area contributed by atoms with Crippen LogP contribution in [0.3, 0.4) is 0 Å². The SMILES string of the molecule is COc1ccc(Cn2c(-c3cccc4ccccc34)coc2=O)cc1. The van der Waals surface area contributed by atoms with Gasteiger partial charge in [-0.2, -0.15) is 0 Å². The molecule has 0 saturated heterocycles. The van der Waals surface area contributed by atoms with Crippen LogP contribution in [0.2, 0.25) is 0 Å². The number of aromatic nitrogens is 1. The van der Waals surface area contributed by atoms with Crippen LogP contribution >= 0.6 is 0 Å². The summed E-state index contributed by atoms with van der Waals surface area (Å²) in [5.74, 6) is 0.427. The molecule has 25 heavy (non-hydrogen) atoms. The highest BCUT2D eigenvalue weighted by Gasteiger charge is 2.13. The molecule has 1 heterocycles. The number of hydrogen-bond acceptors (Lipinski definition) is 3. The third-order valence-corrected chi connectivity index (χ3v) is 4.35. The maximum atomic E-state index is 12.2. The Morgan fingerprint density at radius 3 is 2.52 bits per heavy atom. The fraction of sp³-hybridized carbons (Fsp3) is 0.0952. The Hall–Kier alpha value is -3.27. The third kappa shape index (κ3) is 2.83. The summed E-state index contributed by atoms with van der Waals surface area (Å²) in [7, 11) is 1.63. The molecule has 4 aromatic rings. The highest BCUT2D eigenvalue weighted by molar-refractivity contribution is 5.95. The Kier molecular flexibility index (Phi) is 3.86. The first-order chi connectivity index (χ1) is 12.3. The second-order valence-corrected chi connectivity index (χ2v) is 5.85. The van der Waals surface area contributed by atoms with E-state index >= 15 is 0 Å². The van der Waals surface area contributed by atoms with Gasteiger partial charge in [0.1, 0.15) is 12.0 Å². The zero-order chi connectivity index (χ0) is 17.2. The van der Waals surface area contributed by atoms with Crippen LogP contribution in [0.15, 0.2) is 82.2 Å². The Morgan fingerprint density at radius 1 is 0.960 bits per heavy atom. The number of oxazole rings is 1. The summed E-state index contributed by atoms with van der Waals surface area (Å²) in [6, 6.07) is 21.9. The van der Waals surface area contributed by atoms with Crippen molar-refractivity contribution in [1.82, 2.24) is 4.57 Å². The summed E-state index contributed by atoms with van der Waals surface area (Å²) in [6.07, 6.45) is 1.54. The predicted molar refractivity (Wildman–Crippen MR) is 98.0 cm³/mol. The quantitative estimate of drug-likeness (QED) is 0.559. The first kappa shape index (κ1) is 15.3. The fourth-order valence-electron chi connectivity index (χ4n) is 3.05. The lowest BCUT2D eigenvalue weighted by molar-refractivity contribution is 0.414. The highest BCUT2D eigenvalue weighted by Crippen LogP contribution is 2.28. The monoisotopic (exact) mass is 331 g/mol. The lowest BCUT2D eigenvalue weighted by Crippen LogP contribution is -2.16. The van der Waals surface area contributed by atoms with Crippen molar-refractivity contribution in [1.29, 1.82) is 0 Å². The number of nitrogens with zero attached hydrogens (tertiary/aromatic N) is 1. The molecule has 0 N–H and O–H groups in total. The molecular weight excluding hydrogens is 314 g/mol. The predicted octanol–water partition coefficient (Wildman–Crippen LogP) is 4.32. The second kappa shape index (κ2) is 6.32. The van der Waals surface area contributed by atoms with Crippen LogP contribution in [-0.2, 0) is 6.54 Å². The largest absolute Gasteiger partial charge is 0.497 e. The van der Waals surface area contributed by atoms with E-state index in [1.54, 1.807) is 11.7 Å². The zero-order valence-corrected chi connectivity index (χ0v) is 13.8. The van der Waals surface area contributed by atoms with Crippen molar-refractivity contribution in [2.45, 2.75) is 6.54 Å². The lowest BCUT2D eigenvalue weighted by Gasteiger charge is -2.09. The number of hydrogen-bond donors (Lipinski definition) is 0. The number of rotatable bonds is 4. The van der Waals surface area contributed by atoms with Crippen molar-refractivity contribution < 1.29 is 9.15 Å². The minimum absolute atomic E-state index is 0.362. The molecule has 0 unspecified atom stereocenters. The molecule has 124 valence electrons. The van der Waals surface area contributed by atoms with E-state index in [4.69, 9.17) is 9.15 Å². The van der Waals surface area contributed by atoms with Gasteiger partial charge in [0.05, 0.1) is 19.3 Å². The van der Waals surface area contributed by atoms with Crippen LogP contribution in [0.4, 0.5) is 0 Å². The summed E-state index contributed by atoms with van der Waals surface area (Å²) in [5.41, 5.74) is 2.76. The maximum Gasteiger partial charge on any atom is 0.419 e. The van der Waals surface area contributed by atoms with E-state index in [0.717, 1.165) is 33.3 Å². The normalized spacial score (nSPS) is 10.9. The van der Waals surface area contributed by atoms with Crippen molar-refractivity contribution in [3.8, 4) is 17.0 Å². The van der Waals surface area contributed by atoms with Gasteiger partial charge in [-0.3, -0.25) is 4.57 Å². The Labute approximate surface area is 144 Å². The summed E-state index contributed by atoms with van der Waals surface area (Å²) in [5, 5.41) is 2.22. The molecular formula is C21H17NO3. The van der Waals surface area contributed by atoms with Crippen LogP contribution in [0.25, 0.3) is 22.0 Å². The Morgan fingerprint density at radius 2 is 1.72 bits per heavy atom. The molecule has 4 nitrogen and oxygen atoms in total. The molecule has 0 aliphatic rings. The highest BCUT2D eigenvalue weighted by atomic mass is 16.5. The number of benzene rings is 3. The number of ether oxygens (including phenoxy) is 1. The topological polar surface area (TPSA) is 44.4 Å². The molecule has 3 aromatic carbocycles. The molecule has 0 atom stereocenters. The van der Waals surface area contributed by atoms with Gasteiger partial charge in [-0.15, -0.1) is 0 Å². The van der Waals surface area contributed by atoms with Gasteiger partial charge in [-0.25, -0.2) is 4.79 Å². The van der Waals surface area contributed by atoms with Crippen LogP contribution < -0.4 is 10.5 Å². The minimum Gasteiger partial charge on any atom is -0.497 e. The minimum atomic E-state index is -0.362. The number of fused-ring (bicyclic) bond motifs is 1. The smallest absolute Gasteiger partial charge is 0.419 e. The van der Waals surface area contributed by atoms with Gasteiger partial charge >= 0.3 is 5.76 Å². The molecule has 0 amide bonds. The van der Waals surface area contributed by atoms with Crippen LogP contribution in [-0.4, -0.2) is 11.7 Å². The summed E-state index contributed by atoms with van der Waals surface area (Å²) in [4.78, 5) is 12.2. The first-order valence-electron chi connectivity index (χ1n) is 8.05. The van der Waals surface area contributed by atoms with Crippen molar-refractivity contribution in [3.63, 3.8) is 0 Å². The van der Waals surface area contributed by atoms with E-state index in [2.05, 4.69) is 18.2 Å². The molecule has 0 spiro atoms. The van der Waals surface area contributed by atoms with Gasteiger partial charge in [0, 0.05) is 5.56 Å². The van der Waals surface area contributed by atoms with E-state index < -0.39 is 0 Å². The van der Waals surface area contributed by atoms with Crippen LogP contribution in [0, 0.1) is 0 Å². The summed E-state index contributed by atoms with van der Waals surface area (Å²) in [6.45, 7) is 0.442. The first-order valence-corrected chi connectivity index (χ1v) is 8.05. The van der Waals surface area contributed by atoms with Crippen molar-refractivity contribution in [2.24, 2.45) is 0 Å². The number of methoxy groups -OCH3 is 1. The molecule has 4 rings (SSSR count). The molecule has 4 heteroatoms. The molecule has 0 saturated carbocycles. The summed E-state index contributed by atoms with van der Waals surface area (Å²) < 4.78 is 12.0. The van der Waals surface area contributed by atoms with Gasteiger partial charge in [0.15, 0.2) is 0 Å². The fourth-order valence-corrected chi connectivity index (χ4v) is 3.05. The third-order valence-electron chi connectivity index (χ3n) is 4.35. The molecule has 0 aliphatic heterocycles.